The molecule has 1 fully saturated rings. The molecule has 2 aromatic rings. The number of carbonyl (C=O) groups is 1. The number of amides is 2. The molecule has 0 bridgehead atoms. The van der Waals surface area contributed by atoms with Crippen molar-refractivity contribution in [1.82, 2.24) is 14.9 Å². The van der Waals surface area contributed by atoms with E-state index in [1.807, 2.05) is 12.1 Å². The number of aromatic nitrogens is 2. The van der Waals surface area contributed by atoms with Crippen molar-refractivity contribution in [2.45, 2.75) is 44.6 Å². The van der Waals surface area contributed by atoms with Gasteiger partial charge in [0.15, 0.2) is 0 Å². The number of hydrogen-bond donors (Lipinski definition) is 1. The molecule has 126 valence electrons. The van der Waals surface area contributed by atoms with Gasteiger partial charge < -0.3 is 10.2 Å². The van der Waals surface area contributed by atoms with Gasteiger partial charge in [-0.1, -0.05) is 31.4 Å². The van der Waals surface area contributed by atoms with Gasteiger partial charge in [-0.05, 0) is 36.5 Å². The van der Waals surface area contributed by atoms with Crippen molar-refractivity contribution in [3.8, 4) is 0 Å². The largest absolute Gasteiger partial charge is 0.322 e. The lowest BCUT2D eigenvalue weighted by molar-refractivity contribution is 0.220. The average molecular weight is 324 g/mol. The lowest BCUT2D eigenvalue weighted by Crippen LogP contribution is -2.31. The first kappa shape index (κ1) is 16.4. The van der Waals surface area contributed by atoms with Crippen LogP contribution < -0.4 is 5.32 Å². The summed E-state index contributed by atoms with van der Waals surface area (Å²) in [6, 6.07) is 8.14. The average Bonchev–Trinajstić information content (AvgIpc) is 2.64. The number of carbonyl (C=O) groups excluding carboxylic acids is 1. The molecule has 0 spiro atoms. The van der Waals surface area contributed by atoms with Gasteiger partial charge in [-0.2, -0.15) is 0 Å². The lowest BCUT2D eigenvalue weighted by atomic mass is 9.84. The summed E-state index contributed by atoms with van der Waals surface area (Å²) in [5.41, 5.74) is 2.98. The third-order valence-electron chi connectivity index (χ3n) is 4.60. The maximum atomic E-state index is 12.3. The quantitative estimate of drug-likeness (QED) is 0.917. The Bertz CT molecular complexity index is 651. The first-order valence-electron chi connectivity index (χ1n) is 8.59. The van der Waals surface area contributed by atoms with Crippen LogP contribution in [0.3, 0.4) is 0 Å². The highest BCUT2D eigenvalue weighted by Gasteiger charge is 2.15. The molecule has 1 heterocycles. The van der Waals surface area contributed by atoms with Crippen molar-refractivity contribution >= 4 is 11.7 Å². The molecule has 1 aliphatic carbocycles. The standard InChI is InChI=1S/C19H24N4O/c1-23(14-18-13-20-11-12-21-18)19(24)22-17-9-7-16(8-10-17)15-5-3-2-4-6-15/h7-13,15H,2-6,14H2,1H3,(H,22,24). The number of anilines is 1. The molecule has 1 saturated carbocycles. The highest BCUT2D eigenvalue weighted by molar-refractivity contribution is 5.89. The van der Waals surface area contributed by atoms with Crippen LogP contribution in [0.1, 0.15) is 49.3 Å². The van der Waals surface area contributed by atoms with E-state index in [1.54, 1.807) is 30.5 Å². The molecular weight excluding hydrogens is 300 g/mol. The second-order valence-electron chi connectivity index (χ2n) is 6.44. The van der Waals surface area contributed by atoms with Crippen LogP contribution in [0.25, 0.3) is 0 Å². The van der Waals surface area contributed by atoms with Crippen molar-refractivity contribution < 1.29 is 4.79 Å². The minimum Gasteiger partial charge on any atom is -0.322 e. The van der Waals surface area contributed by atoms with Gasteiger partial charge in [0.2, 0.25) is 0 Å². The SMILES string of the molecule is CN(Cc1cnccn1)C(=O)Nc1ccc(C2CCCCC2)cc1. The van der Waals surface area contributed by atoms with Gasteiger partial charge in [0.25, 0.3) is 0 Å². The van der Waals surface area contributed by atoms with E-state index >= 15 is 0 Å². The second-order valence-corrected chi connectivity index (χ2v) is 6.44. The first-order chi connectivity index (χ1) is 11.7. The van der Waals surface area contributed by atoms with Crippen LogP contribution in [-0.4, -0.2) is 27.9 Å². The number of urea groups is 1. The minimum atomic E-state index is -0.147. The first-order valence-corrected chi connectivity index (χ1v) is 8.59. The summed E-state index contributed by atoms with van der Waals surface area (Å²) >= 11 is 0. The van der Waals surface area contributed by atoms with Crippen molar-refractivity contribution in [2.24, 2.45) is 0 Å². The Balaban J connectivity index is 1.55. The lowest BCUT2D eigenvalue weighted by Gasteiger charge is -2.22. The van der Waals surface area contributed by atoms with E-state index in [9.17, 15) is 4.79 Å². The summed E-state index contributed by atoms with van der Waals surface area (Å²) in [4.78, 5) is 22.1. The van der Waals surface area contributed by atoms with E-state index < -0.39 is 0 Å². The van der Waals surface area contributed by atoms with Gasteiger partial charge in [0.1, 0.15) is 0 Å². The van der Waals surface area contributed by atoms with Crippen LogP contribution in [-0.2, 0) is 6.54 Å². The molecule has 0 unspecified atom stereocenters. The van der Waals surface area contributed by atoms with Crippen LogP contribution in [0, 0.1) is 0 Å². The second kappa shape index (κ2) is 7.90. The predicted molar refractivity (Wildman–Crippen MR) is 94.8 cm³/mol. The highest BCUT2D eigenvalue weighted by Crippen LogP contribution is 2.32. The third-order valence-corrected chi connectivity index (χ3v) is 4.60. The molecule has 2 amide bonds. The molecule has 0 saturated heterocycles. The van der Waals surface area contributed by atoms with E-state index in [0.717, 1.165) is 11.4 Å². The molecule has 5 nitrogen and oxygen atoms in total. The Hall–Kier alpha value is -2.43. The zero-order chi connectivity index (χ0) is 16.8. The van der Waals surface area contributed by atoms with Gasteiger partial charge in [-0.15, -0.1) is 0 Å². The fraction of sp³-hybridized carbons (Fsp3) is 0.421. The van der Waals surface area contributed by atoms with E-state index in [1.165, 1.54) is 37.7 Å². The summed E-state index contributed by atoms with van der Waals surface area (Å²) in [7, 11) is 1.75. The van der Waals surface area contributed by atoms with Gasteiger partial charge in [0.05, 0.1) is 18.4 Å². The van der Waals surface area contributed by atoms with E-state index in [2.05, 4.69) is 27.4 Å². The van der Waals surface area contributed by atoms with E-state index in [-0.39, 0.29) is 6.03 Å². The fourth-order valence-electron chi connectivity index (χ4n) is 3.22. The highest BCUT2D eigenvalue weighted by atomic mass is 16.2. The van der Waals surface area contributed by atoms with Crippen LogP contribution in [0.15, 0.2) is 42.9 Å². The Morgan fingerprint density at radius 2 is 1.92 bits per heavy atom. The molecule has 1 aromatic carbocycles. The molecular formula is C19H24N4O. The summed E-state index contributed by atoms with van der Waals surface area (Å²) in [6.45, 7) is 0.430. The zero-order valence-corrected chi connectivity index (χ0v) is 14.1. The summed E-state index contributed by atoms with van der Waals surface area (Å²) in [5, 5.41) is 2.93. The number of nitrogens with zero attached hydrogens (tertiary/aromatic N) is 3. The van der Waals surface area contributed by atoms with Crippen molar-refractivity contribution in [1.29, 1.82) is 0 Å². The van der Waals surface area contributed by atoms with Crippen LogP contribution in [0.2, 0.25) is 0 Å². The smallest absolute Gasteiger partial charge is 0.321 e. The fourth-order valence-corrected chi connectivity index (χ4v) is 3.22. The molecule has 1 aromatic heterocycles. The third kappa shape index (κ3) is 4.31. The van der Waals surface area contributed by atoms with Gasteiger partial charge in [-0.3, -0.25) is 9.97 Å². The van der Waals surface area contributed by atoms with Crippen molar-refractivity contribution in [2.75, 3.05) is 12.4 Å². The molecule has 1 N–H and O–H groups in total. The van der Waals surface area contributed by atoms with Crippen molar-refractivity contribution in [3.63, 3.8) is 0 Å². The van der Waals surface area contributed by atoms with Crippen LogP contribution >= 0.6 is 0 Å². The monoisotopic (exact) mass is 324 g/mol. The molecule has 5 heteroatoms. The predicted octanol–water partition coefficient (Wildman–Crippen LogP) is 4.19. The number of rotatable bonds is 4. The van der Waals surface area contributed by atoms with E-state index in [0.29, 0.717) is 12.5 Å². The Morgan fingerprint density at radius 1 is 1.17 bits per heavy atom. The normalized spacial score (nSPS) is 15.0. The maximum absolute atomic E-state index is 12.3. The molecule has 0 radical (unpaired) electrons. The number of nitrogens with one attached hydrogen (secondary N) is 1. The van der Waals surface area contributed by atoms with Gasteiger partial charge >= 0.3 is 6.03 Å². The molecule has 1 aliphatic rings. The summed E-state index contributed by atoms with van der Waals surface area (Å²) in [5.74, 6) is 0.683. The summed E-state index contributed by atoms with van der Waals surface area (Å²) in [6.07, 6.45) is 11.5. The topological polar surface area (TPSA) is 58.1 Å². The van der Waals surface area contributed by atoms with E-state index in [4.69, 9.17) is 0 Å². The molecule has 0 atom stereocenters. The molecule has 0 aliphatic heterocycles. The molecule has 3 rings (SSSR count). The summed E-state index contributed by atoms with van der Waals surface area (Å²) < 4.78 is 0. The number of benzene rings is 1. The Morgan fingerprint density at radius 3 is 2.58 bits per heavy atom. The molecule has 24 heavy (non-hydrogen) atoms. The Labute approximate surface area is 143 Å². The number of hydrogen-bond acceptors (Lipinski definition) is 3. The Kier molecular flexibility index (Phi) is 5.41. The van der Waals surface area contributed by atoms with Crippen LogP contribution in [0.5, 0.6) is 0 Å². The van der Waals surface area contributed by atoms with Crippen molar-refractivity contribution in [3.05, 3.63) is 54.1 Å². The van der Waals surface area contributed by atoms with Gasteiger partial charge in [0, 0.05) is 25.1 Å². The van der Waals surface area contributed by atoms with Gasteiger partial charge in [-0.25, -0.2) is 4.79 Å². The van der Waals surface area contributed by atoms with Crippen LogP contribution in [0.4, 0.5) is 10.5 Å². The zero-order valence-electron chi connectivity index (χ0n) is 14.1. The minimum absolute atomic E-state index is 0.147. The maximum Gasteiger partial charge on any atom is 0.321 e.